The third-order valence-corrected chi connectivity index (χ3v) is 1.96. The van der Waals surface area contributed by atoms with Crippen molar-refractivity contribution in [3.63, 3.8) is 0 Å². The second-order valence-electron chi connectivity index (χ2n) is 3.41. The molecule has 1 N–H and O–H groups in total. The number of benzene rings is 1. The molecule has 1 rings (SSSR count). The molecule has 3 nitrogen and oxygen atoms in total. The highest BCUT2D eigenvalue weighted by atomic mass is 16.2. The minimum absolute atomic E-state index is 0.161. The maximum atomic E-state index is 11.5. The number of nitrogens with one attached hydrogen (secondary N) is 1. The Kier molecular flexibility index (Phi) is 4.54. The number of nitrogens with zero attached hydrogens (tertiary/aromatic N) is 1. The van der Waals surface area contributed by atoms with Crippen LogP contribution in [0.15, 0.2) is 29.4 Å². The van der Waals surface area contributed by atoms with Crippen LogP contribution in [0, 0.1) is 6.92 Å². The van der Waals surface area contributed by atoms with Gasteiger partial charge in [-0.2, -0.15) is 5.10 Å². The molecule has 0 saturated heterocycles. The van der Waals surface area contributed by atoms with Gasteiger partial charge in [-0.1, -0.05) is 31.0 Å². The predicted molar refractivity (Wildman–Crippen MR) is 62.0 cm³/mol. The molecule has 0 saturated carbocycles. The van der Waals surface area contributed by atoms with Crippen LogP contribution in [-0.2, 0) is 0 Å². The van der Waals surface area contributed by atoms with E-state index in [1.807, 2.05) is 25.1 Å². The Morgan fingerprint density at radius 2 is 2.33 bits per heavy atom. The second-order valence-corrected chi connectivity index (χ2v) is 3.41. The molecule has 1 aromatic carbocycles. The Hall–Kier alpha value is -1.64. The lowest BCUT2D eigenvalue weighted by Gasteiger charge is -2.00. The van der Waals surface area contributed by atoms with Crippen LogP contribution in [0.3, 0.4) is 0 Å². The zero-order chi connectivity index (χ0) is 11.1. The first kappa shape index (κ1) is 11.4. The van der Waals surface area contributed by atoms with E-state index in [0.717, 1.165) is 18.4 Å². The van der Waals surface area contributed by atoms with Gasteiger partial charge in [0.25, 0.3) is 5.91 Å². The second kappa shape index (κ2) is 5.96. The average Bonchev–Trinajstić information content (AvgIpc) is 2.24. The van der Waals surface area contributed by atoms with E-state index in [2.05, 4.69) is 17.5 Å². The molecule has 0 aromatic heterocycles. The summed E-state index contributed by atoms with van der Waals surface area (Å²) in [6.45, 7) is 4.02. The summed E-state index contributed by atoms with van der Waals surface area (Å²) in [5.74, 6) is -0.161. The number of hydrazone groups is 1. The number of rotatable bonds is 4. The van der Waals surface area contributed by atoms with E-state index in [-0.39, 0.29) is 5.91 Å². The summed E-state index contributed by atoms with van der Waals surface area (Å²) < 4.78 is 0. The molecule has 0 bridgehead atoms. The monoisotopic (exact) mass is 204 g/mol. The Balaban J connectivity index is 2.54. The smallest absolute Gasteiger partial charge is 0.267 e. The molecule has 0 aliphatic carbocycles. The first-order chi connectivity index (χ1) is 7.24. The SMILES string of the molecule is CCCC=NNC(=O)c1cccc(C)c1. The van der Waals surface area contributed by atoms with Gasteiger partial charge in [0.15, 0.2) is 0 Å². The fourth-order valence-electron chi connectivity index (χ4n) is 1.15. The molecule has 1 aromatic rings. The van der Waals surface area contributed by atoms with Crippen LogP contribution < -0.4 is 5.43 Å². The van der Waals surface area contributed by atoms with Gasteiger partial charge in [0, 0.05) is 11.8 Å². The van der Waals surface area contributed by atoms with Gasteiger partial charge in [-0.15, -0.1) is 0 Å². The summed E-state index contributed by atoms with van der Waals surface area (Å²) in [6.07, 6.45) is 3.63. The fraction of sp³-hybridized carbons (Fsp3) is 0.333. The Bertz CT molecular complexity index is 358. The zero-order valence-electron chi connectivity index (χ0n) is 9.16. The molecule has 80 valence electrons. The lowest BCUT2D eigenvalue weighted by Crippen LogP contribution is -2.17. The minimum Gasteiger partial charge on any atom is -0.267 e. The van der Waals surface area contributed by atoms with Crippen molar-refractivity contribution in [3.8, 4) is 0 Å². The zero-order valence-corrected chi connectivity index (χ0v) is 9.16. The van der Waals surface area contributed by atoms with Crippen molar-refractivity contribution in [1.82, 2.24) is 5.43 Å². The summed E-state index contributed by atoms with van der Waals surface area (Å²) in [7, 11) is 0. The van der Waals surface area contributed by atoms with Crippen LogP contribution in [0.1, 0.15) is 35.7 Å². The van der Waals surface area contributed by atoms with Crippen molar-refractivity contribution in [3.05, 3.63) is 35.4 Å². The van der Waals surface area contributed by atoms with Crippen LogP contribution in [0.5, 0.6) is 0 Å². The highest BCUT2D eigenvalue weighted by molar-refractivity contribution is 5.94. The molecule has 0 heterocycles. The molecule has 0 fully saturated rings. The summed E-state index contributed by atoms with van der Waals surface area (Å²) in [5.41, 5.74) is 4.20. The number of carbonyl (C=O) groups is 1. The maximum Gasteiger partial charge on any atom is 0.271 e. The highest BCUT2D eigenvalue weighted by Crippen LogP contribution is 2.03. The molecule has 0 radical (unpaired) electrons. The number of amides is 1. The first-order valence-corrected chi connectivity index (χ1v) is 5.12. The molecule has 0 unspecified atom stereocenters. The quantitative estimate of drug-likeness (QED) is 0.594. The van der Waals surface area contributed by atoms with Crippen molar-refractivity contribution in [2.24, 2.45) is 5.10 Å². The summed E-state index contributed by atoms with van der Waals surface area (Å²) >= 11 is 0. The lowest BCUT2D eigenvalue weighted by molar-refractivity contribution is 0.0955. The van der Waals surface area contributed by atoms with Crippen LogP contribution in [0.4, 0.5) is 0 Å². The third kappa shape index (κ3) is 3.94. The summed E-state index contributed by atoms with van der Waals surface area (Å²) in [5, 5.41) is 3.84. The van der Waals surface area contributed by atoms with E-state index in [4.69, 9.17) is 0 Å². The van der Waals surface area contributed by atoms with Crippen LogP contribution >= 0.6 is 0 Å². The number of hydrogen-bond donors (Lipinski definition) is 1. The Morgan fingerprint density at radius 1 is 1.53 bits per heavy atom. The van der Waals surface area contributed by atoms with Gasteiger partial charge in [0.1, 0.15) is 0 Å². The molecule has 3 heteroatoms. The van der Waals surface area contributed by atoms with Crippen LogP contribution in [0.25, 0.3) is 0 Å². The van der Waals surface area contributed by atoms with E-state index < -0.39 is 0 Å². The van der Waals surface area contributed by atoms with Crippen LogP contribution in [0.2, 0.25) is 0 Å². The largest absolute Gasteiger partial charge is 0.271 e. The van der Waals surface area contributed by atoms with Crippen molar-refractivity contribution in [2.75, 3.05) is 0 Å². The third-order valence-electron chi connectivity index (χ3n) is 1.96. The average molecular weight is 204 g/mol. The number of hydrogen-bond acceptors (Lipinski definition) is 2. The van der Waals surface area contributed by atoms with Crippen LogP contribution in [-0.4, -0.2) is 12.1 Å². The van der Waals surface area contributed by atoms with Crippen molar-refractivity contribution < 1.29 is 4.79 Å². The molecule has 1 amide bonds. The summed E-state index contributed by atoms with van der Waals surface area (Å²) in [4.78, 5) is 11.5. The maximum absolute atomic E-state index is 11.5. The van der Waals surface area contributed by atoms with Gasteiger partial charge in [0.05, 0.1) is 0 Å². The van der Waals surface area contributed by atoms with E-state index in [1.54, 1.807) is 12.3 Å². The van der Waals surface area contributed by atoms with Crippen molar-refractivity contribution in [2.45, 2.75) is 26.7 Å². The predicted octanol–water partition coefficient (Wildman–Crippen LogP) is 2.51. The van der Waals surface area contributed by atoms with Gasteiger partial charge in [0.2, 0.25) is 0 Å². The normalized spacial score (nSPS) is 10.5. The molecule has 0 spiro atoms. The van der Waals surface area contributed by atoms with Crippen molar-refractivity contribution >= 4 is 12.1 Å². The van der Waals surface area contributed by atoms with Gasteiger partial charge in [-0.3, -0.25) is 4.79 Å². The van der Waals surface area contributed by atoms with Gasteiger partial charge >= 0.3 is 0 Å². The molecular weight excluding hydrogens is 188 g/mol. The van der Waals surface area contributed by atoms with E-state index >= 15 is 0 Å². The minimum atomic E-state index is -0.161. The van der Waals surface area contributed by atoms with E-state index in [9.17, 15) is 4.79 Å². The molecular formula is C12H16N2O. The van der Waals surface area contributed by atoms with E-state index in [0.29, 0.717) is 5.56 Å². The Labute approximate surface area is 90.2 Å². The molecule has 0 aliphatic heterocycles. The molecule has 15 heavy (non-hydrogen) atoms. The van der Waals surface area contributed by atoms with E-state index in [1.165, 1.54) is 0 Å². The molecule has 0 atom stereocenters. The highest BCUT2D eigenvalue weighted by Gasteiger charge is 2.02. The van der Waals surface area contributed by atoms with Crippen molar-refractivity contribution in [1.29, 1.82) is 0 Å². The number of unbranched alkanes of at least 4 members (excludes halogenated alkanes) is 1. The lowest BCUT2D eigenvalue weighted by atomic mass is 10.1. The Morgan fingerprint density at radius 3 is 3.00 bits per heavy atom. The van der Waals surface area contributed by atoms with Gasteiger partial charge in [-0.25, -0.2) is 5.43 Å². The fourth-order valence-corrected chi connectivity index (χ4v) is 1.15. The standard InChI is InChI=1S/C12H16N2O/c1-3-4-8-13-14-12(15)11-7-5-6-10(2)9-11/h5-9H,3-4H2,1-2H3,(H,14,15). The van der Waals surface area contributed by atoms with Gasteiger partial charge in [-0.05, 0) is 25.5 Å². The summed E-state index contributed by atoms with van der Waals surface area (Å²) in [6, 6.07) is 7.43. The number of aryl methyl sites for hydroxylation is 1. The molecule has 0 aliphatic rings. The number of carbonyl (C=O) groups excluding carboxylic acids is 1. The van der Waals surface area contributed by atoms with Gasteiger partial charge < -0.3 is 0 Å². The topological polar surface area (TPSA) is 41.5 Å². The first-order valence-electron chi connectivity index (χ1n) is 5.12.